The van der Waals surface area contributed by atoms with Gasteiger partial charge in [-0.2, -0.15) is 13.2 Å². The number of aliphatic carboxylic acids is 1. The van der Waals surface area contributed by atoms with Gasteiger partial charge < -0.3 is 9.84 Å². The fourth-order valence-electron chi connectivity index (χ4n) is 2.25. The van der Waals surface area contributed by atoms with Crippen LogP contribution in [0.4, 0.5) is 13.2 Å². The molecule has 2 N–H and O–H groups in total. The van der Waals surface area contributed by atoms with Gasteiger partial charge in [-0.25, -0.2) is 0 Å². The summed E-state index contributed by atoms with van der Waals surface area (Å²) in [5.74, 6) is -0.576. The molecule has 0 aliphatic rings. The van der Waals surface area contributed by atoms with Gasteiger partial charge in [0.2, 0.25) is 0 Å². The van der Waals surface area contributed by atoms with Crippen LogP contribution in [0.15, 0.2) is 54.8 Å². The molecule has 0 aliphatic carbocycles. The third kappa shape index (κ3) is 6.62. The Morgan fingerprint density at radius 2 is 1.89 bits per heavy atom. The smallest absolute Gasteiger partial charge is 0.416 e. The zero-order valence-corrected chi connectivity index (χ0v) is 15.1. The first-order chi connectivity index (χ1) is 13.3. The van der Waals surface area contributed by atoms with Crippen LogP contribution in [0.25, 0.3) is 5.70 Å². The third-order valence-corrected chi connectivity index (χ3v) is 3.58. The van der Waals surface area contributed by atoms with Crippen molar-refractivity contribution in [2.24, 2.45) is 0 Å². The van der Waals surface area contributed by atoms with E-state index in [4.69, 9.17) is 14.7 Å². The van der Waals surface area contributed by atoms with Crippen LogP contribution >= 0.6 is 0 Å². The van der Waals surface area contributed by atoms with E-state index in [0.29, 0.717) is 29.2 Å². The highest BCUT2D eigenvalue weighted by molar-refractivity contribution is 5.70. The standard InChI is InChI=1S/C20H20F3NO4/c1-2-10-28-24-18(15-6-8-16(9-7-15)20(21,22)23)13-27-17-5-3-4-14(11-17)12-19(25)26/h3-9,11,13,24H,2,10,12H2,1H3,(H,25,26). The van der Waals surface area contributed by atoms with E-state index in [-0.39, 0.29) is 6.42 Å². The second-order valence-electron chi connectivity index (χ2n) is 5.89. The minimum Gasteiger partial charge on any atom is -0.481 e. The first-order valence-electron chi connectivity index (χ1n) is 8.52. The van der Waals surface area contributed by atoms with Crippen LogP contribution in [0.3, 0.4) is 0 Å². The SMILES string of the molecule is CCCONC(=COc1cccc(CC(=O)O)c1)c1ccc(C(F)(F)F)cc1. The predicted molar refractivity (Wildman–Crippen MR) is 97.2 cm³/mol. The number of rotatable bonds is 9. The summed E-state index contributed by atoms with van der Waals surface area (Å²) in [5.41, 5.74) is 3.24. The Hall–Kier alpha value is -3.00. The van der Waals surface area contributed by atoms with Crippen molar-refractivity contribution < 1.29 is 32.6 Å². The average Bonchev–Trinajstić information content (AvgIpc) is 2.64. The predicted octanol–water partition coefficient (Wildman–Crippen LogP) is 4.64. The monoisotopic (exact) mass is 395 g/mol. The van der Waals surface area contributed by atoms with E-state index in [2.05, 4.69) is 5.48 Å². The van der Waals surface area contributed by atoms with E-state index < -0.39 is 17.7 Å². The Bertz CT molecular complexity index is 817. The minimum atomic E-state index is -4.42. The second kappa shape index (κ2) is 9.80. The van der Waals surface area contributed by atoms with E-state index >= 15 is 0 Å². The van der Waals surface area contributed by atoms with Gasteiger partial charge in [-0.15, -0.1) is 0 Å². The average molecular weight is 395 g/mol. The first kappa shape index (κ1) is 21.3. The Labute approximate surface area is 160 Å². The maximum atomic E-state index is 12.7. The van der Waals surface area contributed by atoms with Gasteiger partial charge in [-0.1, -0.05) is 31.2 Å². The van der Waals surface area contributed by atoms with Crippen molar-refractivity contribution in [2.45, 2.75) is 25.9 Å². The number of nitrogens with one attached hydrogen (secondary N) is 1. The molecule has 0 saturated heterocycles. The highest BCUT2D eigenvalue weighted by atomic mass is 19.4. The third-order valence-electron chi connectivity index (χ3n) is 3.58. The normalized spacial score (nSPS) is 11.9. The van der Waals surface area contributed by atoms with Crippen LogP contribution in [-0.4, -0.2) is 17.7 Å². The molecule has 2 rings (SSSR count). The summed E-state index contributed by atoms with van der Waals surface area (Å²) >= 11 is 0. The van der Waals surface area contributed by atoms with Gasteiger partial charge in [0, 0.05) is 5.56 Å². The molecule has 0 spiro atoms. The van der Waals surface area contributed by atoms with Crippen LogP contribution in [-0.2, 0) is 22.2 Å². The number of hydrogen-bond acceptors (Lipinski definition) is 4. The van der Waals surface area contributed by atoms with Crippen molar-refractivity contribution >= 4 is 11.7 Å². The van der Waals surface area contributed by atoms with Gasteiger partial charge in [-0.05, 0) is 36.2 Å². The zero-order chi connectivity index (χ0) is 20.6. The van der Waals surface area contributed by atoms with Crippen LogP contribution in [0.1, 0.15) is 30.0 Å². The van der Waals surface area contributed by atoms with Gasteiger partial charge in [-0.3, -0.25) is 15.1 Å². The molecule has 0 heterocycles. The van der Waals surface area contributed by atoms with Gasteiger partial charge >= 0.3 is 12.1 Å². The number of halogens is 3. The largest absolute Gasteiger partial charge is 0.481 e. The molecule has 28 heavy (non-hydrogen) atoms. The number of carbonyl (C=O) groups is 1. The molecule has 0 amide bonds. The number of alkyl halides is 3. The Kier molecular flexibility index (Phi) is 7.45. The van der Waals surface area contributed by atoms with Crippen molar-refractivity contribution in [3.8, 4) is 5.75 Å². The molecule has 2 aromatic rings. The number of hydrogen-bond donors (Lipinski definition) is 2. The molecule has 0 atom stereocenters. The lowest BCUT2D eigenvalue weighted by Gasteiger charge is -2.13. The van der Waals surface area contributed by atoms with E-state index in [1.165, 1.54) is 18.4 Å². The van der Waals surface area contributed by atoms with E-state index in [1.54, 1.807) is 24.3 Å². The number of benzene rings is 2. The molecule has 150 valence electrons. The lowest BCUT2D eigenvalue weighted by molar-refractivity contribution is -0.138. The van der Waals surface area contributed by atoms with Crippen molar-refractivity contribution in [2.75, 3.05) is 6.61 Å². The molecule has 0 unspecified atom stereocenters. The molecule has 0 aromatic heterocycles. The summed E-state index contributed by atoms with van der Waals surface area (Å²) in [6, 6.07) is 11.1. The highest BCUT2D eigenvalue weighted by Crippen LogP contribution is 2.30. The molecule has 0 radical (unpaired) electrons. The second-order valence-corrected chi connectivity index (χ2v) is 5.89. The molecule has 8 heteroatoms. The fraction of sp³-hybridized carbons (Fsp3) is 0.250. The van der Waals surface area contributed by atoms with Crippen molar-refractivity contribution in [1.82, 2.24) is 5.48 Å². The summed E-state index contributed by atoms with van der Waals surface area (Å²) in [6.45, 7) is 2.31. The molecule has 0 saturated carbocycles. The highest BCUT2D eigenvalue weighted by Gasteiger charge is 2.30. The topological polar surface area (TPSA) is 67.8 Å². The maximum absolute atomic E-state index is 12.7. The van der Waals surface area contributed by atoms with E-state index in [9.17, 15) is 18.0 Å². The van der Waals surface area contributed by atoms with Gasteiger partial charge in [0.15, 0.2) is 0 Å². The number of ether oxygens (including phenoxy) is 1. The van der Waals surface area contributed by atoms with Gasteiger partial charge in [0.05, 0.1) is 18.6 Å². The maximum Gasteiger partial charge on any atom is 0.416 e. The molecule has 0 aliphatic heterocycles. The Balaban J connectivity index is 2.21. The molecular weight excluding hydrogens is 375 g/mol. The number of carboxylic acid groups (broad SMARTS) is 1. The fourth-order valence-corrected chi connectivity index (χ4v) is 2.25. The van der Waals surface area contributed by atoms with E-state index in [1.807, 2.05) is 6.92 Å². The van der Waals surface area contributed by atoms with Crippen LogP contribution in [0.5, 0.6) is 5.75 Å². The lowest BCUT2D eigenvalue weighted by atomic mass is 10.1. The molecule has 0 fully saturated rings. The molecule has 5 nitrogen and oxygen atoms in total. The molecular formula is C20H20F3NO4. The zero-order valence-electron chi connectivity index (χ0n) is 15.1. The van der Waals surface area contributed by atoms with E-state index in [0.717, 1.165) is 18.6 Å². The molecule has 2 aromatic carbocycles. The van der Waals surface area contributed by atoms with Crippen LogP contribution < -0.4 is 10.2 Å². The summed E-state index contributed by atoms with van der Waals surface area (Å²) in [4.78, 5) is 16.1. The van der Waals surface area contributed by atoms with Crippen molar-refractivity contribution in [3.05, 3.63) is 71.5 Å². The van der Waals surface area contributed by atoms with Crippen molar-refractivity contribution in [3.63, 3.8) is 0 Å². The Morgan fingerprint density at radius 1 is 1.18 bits per heavy atom. The van der Waals surface area contributed by atoms with Crippen LogP contribution in [0, 0.1) is 0 Å². The number of carboxylic acids is 1. The molecule has 0 bridgehead atoms. The first-order valence-corrected chi connectivity index (χ1v) is 8.52. The Morgan fingerprint density at radius 3 is 2.50 bits per heavy atom. The summed E-state index contributed by atoms with van der Waals surface area (Å²) in [5, 5.41) is 8.87. The van der Waals surface area contributed by atoms with Crippen LogP contribution in [0.2, 0.25) is 0 Å². The summed E-state index contributed by atoms with van der Waals surface area (Å²) < 4.78 is 43.8. The van der Waals surface area contributed by atoms with Gasteiger partial charge in [0.25, 0.3) is 0 Å². The summed E-state index contributed by atoms with van der Waals surface area (Å²) in [6.07, 6.45) is -2.52. The summed E-state index contributed by atoms with van der Waals surface area (Å²) in [7, 11) is 0. The lowest BCUT2D eigenvalue weighted by Crippen LogP contribution is -2.15. The quantitative estimate of drug-likeness (QED) is 0.368. The van der Waals surface area contributed by atoms with Gasteiger partial charge in [0.1, 0.15) is 17.7 Å². The minimum absolute atomic E-state index is 0.148. The van der Waals surface area contributed by atoms with Crippen molar-refractivity contribution in [1.29, 1.82) is 0 Å². The number of hydroxylamine groups is 1.